The highest BCUT2D eigenvalue weighted by Crippen LogP contribution is 2.35. The van der Waals surface area contributed by atoms with Gasteiger partial charge in [0, 0.05) is 5.56 Å². The van der Waals surface area contributed by atoms with Gasteiger partial charge in [0.2, 0.25) is 5.82 Å². The van der Waals surface area contributed by atoms with E-state index in [-0.39, 0.29) is 11.4 Å². The molecule has 0 atom stereocenters. The van der Waals surface area contributed by atoms with Crippen LogP contribution in [0.2, 0.25) is 0 Å². The third-order valence-corrected chi connectivity index (χ3v) is 4.26. The molecular weight excluding hydrogens is 295 g/mol. The number of aromatic nitrogens is 4. The van der Waals surface area contributed by atoms with Crippen molar-refractivity contribution in [1.82, 2.24) is 20.4 Å². The molecule has 1 aromatic carbocycles. The smallest absolute Gasteiger partial charge is 0.203 e. The molecule has 0 saturated heterocycles. The minimum atomic E-state index is -0.342. The summed E-state index contributed by atoms with van der Waals surface area (Å²) in [6.07, 6.45) is 6.21. The van der Waals surface area contributed by atoms with E-state index in [4.69, 9.17) is 4.74 Å². The second kappa shape index (κ2) is 6.66. The fourth-order valence-corrected chi connectivity index (χ4v) is 2.91. The van der Waals surface area contributed by atoms with Crippen LogP contribution in [0.4, 0.5) is 4.39 Å². The van der Waals surface area contributed by atoms with Crippen molar-refractivity contribution in [2.75, 3.05) is 0 Å². The summed E-state index contributed by atoms with van der Waals surface area (Å²) >= 11 is 0. The van der Waals surface area contributed by atoms with Gasteiger partial charge < -0.3 is 4.74 Å². The van der Waals surface area contributed by atoms with E-state index in [1.807, 2.05) is 6.07 Å². The lowest BCUT2D eigenvalue weighted by Gasteiger charge is -2.34. The van der Waals surface area contributed by atoms with Gasteiger partial charge in [0.25, 0.3) is 0 Å². The van der Waals surface area contributed by atoms with Crippen molar-refractivity contribution >= 4 is 0 Å². The van der Waals surface area contributed by atoms with Crippen molar-refractivity contribution in [3.63, 3.8) is 0 Å². The summed E-state index contributed by atoms with van der Waals surface area (Å²) < 4.78 is 19.9. The van der Waals surface area contributed by atoms with Crippen LogP contribution in [-0.2, 0) is 11.3 Å². The van der Waals surface area contributed by atoms with Gasteiger partial charge in [-0.3, -0.25) is 0 Å². The van der Waals surface area contributed by atoms with Gasteiger partial charge in [0.15, 0.2) is 6.33 Å². The zero-order valence-corrected chi connectivity index (χ0v) is 13.5. The van der Waals surface area contributed by atoms with Gasteiger partial charge in [-0.15, -0.1) is 20.4 Å². The van der Waals surface area contributed by atoms with E-state index in [1.54, 1.807) is 0 Å². The van der Waals surface area contributed by atoms with Crippen LogP contribution in [-0.4, -0.2) is 26.0 Å². The molecule has 1 aromatic heterocycles. The van der Waals surface area contributed by atoms with Gasteiger partial charge >= 0.3 is 0 Å². The summed E-state index contributed by atoms with van der Waals surface area (Å²) in [6, 6.07) is 4.68. The predicted molar refractivity (Wildman–Crippen MR) is 83.8 cm³/mol. The van der Waals surface area contributed by atoms with Crippen LogP contribution >= 0.6 is 0 Å². The molecule has 1 aliphatic carbocycles. The molecule has 0 amide bonds. The molecule has 23 heavy (non-hydrogen) atoms. The maximum Gasteiger partial charge on any atom is 0.203 e. The Morgan fingerprint density at radius 1 is 1.17 bits per heavy atom. The second-order valence-electron chi connectivity index (χ2n) is 6.77. The molecule has 0 unspecified atom stereocenters. The van der Waals surface area contributed by atoms with Gasteiger partial charge in [0.05, 0.1) is 12.2 Å². The summed E-state index contributed by atoms with van der Waals surface area (Å²) in [6.45, 7) is 4.55. The fraction of sp³-hybridized carbons (Fsp3) is 0.529. The highest BCUT2D eigenvalue weighted by Gasteiger charge is 2.27. The van der Waals surface area contributed by atoms with Crippen LogP contribution in [0.15, 0.2) is 24.5 Å². The minimum absolute atomic E-state index is 0.204. The standard InChI is InChI=1S/C17H21FN4O/c1-17(2,9-12-4-3-5-12)23-10-13-6-14(8-15(18)7-13)16-21-19-11-20-22-16/h6-8,11-12H,3-5,9-10H2,1-2H3. The summed E-state index contributed by atoms with van der Waals surface area (Å²) in [4.78, 5) is 0. The molecule has 122 valence electrons. The summed E-state index contributed by atoms with van der Waals surface area (Å²) in [7, 11) is 0. The van der Waals surface area contributed by atoms with Crippen LogP contribution < -0.4 is 0 Å². The first-order chi connectivity index (χ1) is 11.0. The first-order valence-electron chi connectivity index (χ1n) is 7.96. The summed E-state index contributed by atoms with van der Waals surface area (Å²) in [5, 5.41) is 15.1. The van der Waals surface area contributed by atoms with Crippen molar-refractivity contribution in [2.45, 2.75) is 51.7 Å². The number of halogens is 1. The van der Waals surface area contributed by atoms with Gasteiger partial charge in [-0.1, -0.05) is 19.3 Å². The number of hydrogen-bond acceptors (Lipinski definition) is 5. The zero-order valence-electron chi connectivity index (χ0n) is 13.5. The number of hydrogen-bond donors (Lipinski definition) is 0. The Labute approximate surface area is 135 Å². The molecule has 1 aliphatic rings. The third-order valence-electron chi connectivity index (χ3n) is 4.26. The molecule has 1 fully saturated rings. The van der Waals surface area contributed by atoms with Gasteiger partial charge in [-0.05, 0) is 49.9 Å². The topological polar surface area (TPSA) is 60.8 Å². The van der Waals surface area contributed by atoms with Crippen molar-refractivity contribution < 1.29 is 9.13 Å². The van der Waals surface area contributed by atoms with Crippen LogP contribution in [0.3, 0.4) is 0 Å². The summed E-state index contributed by atoms with van der Waals surface area (Å²) in [5.41, 5.74) is 1.11. The van der Waals surface area contributed by atoms with Crippen molar-refractivity contribution in [1.29, 1.82) is 0 Å². The molecule has 5 nitrogen and oxygen atoms in total. The molecule has 1 saturated carbocycles. The van der Waals surface area contributed by atoms with Gasteiger partial charge in [-0.2, -0.15) is 0 Å². The van der Waals surface area contributed by atoms with Crippen LogP contribution in [0.5, 0.6) is 0 Å². The molecule has 0 radical (unpaired) electrons. The quantitative estimate of drug-likeness (QED) is 0.815. The number of nitrogens with zero attached hydrogens (tertiary/aromatic N) is 4. The Kier molecular flexibility index (Phi) is 4.61. The second-order valence-corrected chi connectivity index (χ2v) is 6.77. The fourth-order valence-electron chi connectivity index (χ4n) is 2.91. The average molecular weight is 316 g/mol. The molecule has 0 N–H and O–H groups in total. The monoisotopic (exact) mass is 316 g/mol. The first-order valence-corrected chi connectivity index (χ1v) is 7.96. The predicted octanol–water partition coefficient (Wildman–Crippen LogP) is 3.56. The van der Waals surface area contributed by atoms with E-state index in [9.17, 15) is 4.39 Å². The van der Waals surface area contributed by atoms with E-state index in [2.05, 4.69) is 34.2 Å². The maximum absolute atomic E-state index is 13.9. The van der Waals surface area contributed by atoms with Crippen molar-refractivity contribution in [2.24, 2.45) is 5.92 Å². The van der Waals surface area contributed by atoms with E-state index in [1.165, 1.54) is 37.7 Å². The number of benzene rings is 1. The van der Waals surface area contributed by atoms with Gasteiger partial charge in [-0.25, -0.2) is 4.39 Å². The Morgan fingerprint density at radius 3 is 2.57 bits per heavy atom. The molecule has 0 bridgehead atoms. The van der Waals surface area contributed by atoms with Crippen LogP contribution in [0.25, 0.3) is 11.4 Å². The van der Waals surface area contributed by atoms with Crippen LogP contribution in [0, 0.1) is 11.7 Å². The average Bonchev–Trinajstić information content (AvgIpc) is 2.50. The third kappa shape index (κ3) is 4.28. The van der Waals surface area contributed by atoms with Crippen molar-refractivity contribution in [3.05, 3.63) is 35.9 Å². The number of ether oxygens (including phenoxy) is 1. The highest BCUT2D eigenvalue weighted by atomic mass is 19.1. The first kappa shape index (κ1) is 15.9. The zero-order chi connectivity index (χ0) is 16.3. The molecular formula is C17H21FN4O. The maximum atomic E-state index is 13.9. The molecule has 6 heteroatoms. The lowest BCUT2D eigenvalue weighted by atomic mass is 9.78. The van der Waals surface area contributed by atoms with E-state index in [0.29, 0.717) is 18.0 Å². The SMILES string of the molecule is CC(C)(CC1CCC1)OCc1cc(F)cc(-c2nncnn2)c1. The minimum Gasteiger partial charge on any atom is -0.371 e. The number of rotatable bonds is 6. The van der Waals surface area contributed by atoms with E-state index >= 15 is 0 Å². The molecule has 0 aliphatic heterocycles. The van der Waals surface area contributed by atoms with Crippen LogP contribution in [0.1, 0.15) is 45.1 Å². The lowest BCUT2D eigenvalue weighted by Crippen LogP contribution is -2.30. The lowest BCUT2D eigenvalue weighted by molar-refractivity contribution is -0.0521. The summed E-state index contributed by atoms with van der Waals surface area (Å²) in [5.74, 6) is 0.732. The molecule has 3 rings (SSSR count). The Morgan fingerprint density at radius 2 is 1.91 bits per heavy atom. The largest absolute Gasteiger partial charge is 0.371 e. The van der Waals surface area contributed by atoms with E-state index in [0.717, 1.165) is 17.9 Å². The van der Waals surface area contributed by atoms with E-state index < -0.39 is 0 Å². The Hall–Kier alpha value is -1.95. The molecule has 2 aromatic rings. The normalized spacial score (nSPS) is 15.4. The van der Waals surface area contributed by atoms with Crippen molar-refractivity contribution in [3.8, 4) is 11.4 Å². The Bertz CT molecular complexity index is 659. The highest BCUT2D eigenvalue weighted by molar-refractivity contribution is 5.55. The van der Waals surface area contributed by atoms with Gasteiger partial charge in [0.1, 0.15) is 5.82 Å². The Balaban J connectivity index is 1.69. The molecule has 1 heterocycles. The molecule has 0 spiro atoms.